The summed E-state index contributed by atoms with van der Waals surface area (Å²) in [6.07, 6.45) is 3.01. The van der Waals surface area contributed by atoms with E-state index < -0.39 is 0 Å². The first-order valence-electron chi connectivity index (χ1n) is 4.85. The maximum atomic E-state index is 5.47. The Morgan fingerprint density at radius 2 is 2.00 bits per heavy atom. The molecule has 0 radical (unpaired) electrons. The fourth-order valence-electron chi connectivity index (χ4n) is 1.27. The fourth-order valence-corrected chi connectivity index (χ4v) is 1.27. The third-order valence-corrected chi connectivity index (χ3v) is 2.19. The third kappa shape index (κ3) is 3.19. The summed E-state index contributed by atoms with van der Waals surface area (Å²) in [5.41, 5.74) is 9.02. The highest BCUT2D eigenvalue weighted by Crippen LogP contribution is 2.14. The average molecular weight is 187 g/mol. The predicted octanol–water partition coefficient (Wildman–Crippen LogP) is 2.99. The Bertz CT molecular complexity index is 322. The van der Waals surface area contributed by atoms with Crippen LogP contribution in [-0.4, -0.2) is 6.54 Å². The van der Waals surface area contributed by atoms with Crippen molar-refractivity contribution in [2.75, 3.05) is 6.54 Å². The fraction of sp³-hybridized carbons (Fsp3) is 0.231. The number of rotatable bonds is 4. The first kappa shape index (κ1) is 10.7. The van der Waals surface area contributed by atoms with Crippen LogP contribution in [0, 0.1) is 0 Å². The molecule has 0 aliphatic rings. The molecule has 0 saturated heterocycles. The van der Waals surface area contributed by atoms with E-state index in [9.17, 15) is 0 Å². The van der Waals surface area contributed by atoms with Crippen molar-refractivity contribution in [1.82, 2.24) is 0 Å². The standard InChI is InChI=1S/C13H17N/c1-11(8-9-14)12(2)10-13-6-4-3-5-7-13/h3-7,10H,1,8-9,14H2,2H3/b12-10+. The molecular formula is C13H17N. The zero-order valence-corrected chi connectivity index (χ0v) is 8.66. The second kappa shape index (κ2) is 5.40. The lowest BCUT2D eigenvalue weighted by molar-refractivity contribution is 0.962. The van der Waals surface area contributed by atoms with Crippen molar-refractivity contribution in [3.63, 3.8) is 0 Å². The van der Waals surface area contributed by atoms with Crippen LogP contribution < -0.4 is 5.73 Å². The van der Waals surface area contributed by atoms with Gasteiger partial charge in [0, 0.05) is 0 Å². The molecule has 0 amide bonds. The second-order valence-corrected chi connectivity index (χ2v) is 3.38. The van der Waals surface area contributed by atoms with Crippen molar-refractivity contribution >= 4 is 6.08 Å². The molecule has 1 heteroatoms. The maximum absolute atomic E-state index is 5.47. The number of hydrogen-bond acceptors (Lipinski definition) is 1. The van der Waals surface area contributed by atoms with Crippen LogP contribution in [0.5, 0.6) is 0 Å². The minimum Gasteiger partial charge on any atom is -0.330 e. The highest BCUT2D eigenvalue weighted by molar-refractivity contribution is 5.57. The summed E-state index contributed by atoms with van der Waals surface area (Å²) in [6.45, 7) is 6.73. The summed E-state index contributed by atoms with van der Waals surface area (Å²) < 4.78 is 0. The van der Waals surface area contributed by atoms with Gasteiger partial charge < -0.3 is 5.73 Å². The van der Waals surface area contributed by atoms with E-state index in [0.717, 1.165) is 12.0 Å². The molecule has 0 aliphatic carbocycles. The lowest BCUT2D eigenvalue weighted by Gasteiger charge is -2.04. The van der Waals surface area contributed by atoms with E-state index in [1.165, 1.54) is 11.1 Å². The summed E-state index contributed by atoms with van der Waals surface area (Å²) in [6, 6.07) is 10.2. The van der Waals surface area contributed by atoms with Crippen LogP contribution in [0.3, 0.4) is 0 Å². The molecule has 0 fully saturated rings. The zero-order valence-electron chi connectivity index (χ0n) is 8.66. The van der Waals surface area contributed by atoms with Gasteiger partial charge in [-0.1, -0.05) is 48.6 Å². The maximum Gasteiger partial charge on any atom is -0.00368 e. The minimum absolute atomic E-state index is 0.665. The van der Waals surface area contributed by atoms with E-state index >= 15 is 0 Å². The van der Waals surface area contributed by atoms with Crippen LogP contribution in [0.1, 0.15) is 18.9 Å². The Balaban J connectivity index is 2.74. The van der Waals surface area contributed by atoms with Gasteiger partial charge >= 0.3 is 0 Å². The number of nitrogens with two attached hydrogens (primary N) is 1. The van der Waals surface area contributed by atoms with Crippen LogP contribution in [0.2, 0.25) is 0 Å². The Kier molecular flexibility index (Phi) is 4.14. The monoisotopic (exact) mass is 187 g/mol. The van der Waals surface area contributed by atoms with Gasteiger partial charge in [0.2, 0.25) is 0 Å². The van der Waals surface area contributed by atoms with Crippen LogP contribution in [0.15, 0.2) is 48.1 Å². The largest absolute Gasteiger partial charge is 0.330 e. The van der Waals surface area contributed by atoms with Crippen LogP contribution in [-0.2, 0) is 0 Å². The van der Waals surface area contributed by atoms with Crippen LogP contribution in [0.25, 0.3) is 6.08 Å². The molecule has 1 rings (SSSR count). The number of hydrogen-bond donors (Lipinski definition) is 1. The van der Waals surface area contributed by atoms with E-state index in [2.05, 4.69) is 31.7 Å². The summed E-state index contributed by atoms with van der Waals surface area (Å²) in [7, 11) is 0. The van der Waals surface area contributed by atoms with Gasteiger partial charge in [0.1, 0.15) is 0 Å². The van der Waals surface area contributed by atoms with Gasteiger partial charge in [-0.05, 0) is 31.0 Å². The molecule has 1 aromatic carbocycles. The van der Waals surface area contributed by atoms with Crippen molar-refractivity contribution in [3.8, 4) is 0 Å². The van der Waals surface area contributed by atoms with Gasteiger partial charge in [0.25, 0.3) is 0 Å². The van der Waals surface area contributed by atoms with Crippen molar-refractivity contribution in [1.29, 1.82) is 0 Å². The molecule has 0 aliphatic heterocycles. The first-order chi connectivity index (χ1) is 6.74. The highest BCUT2D eigenvalue weighted by Gasteiger charge is 1.95. The Morgan fingerprint density at radius 3 is 2.57 bits per heavy atom. The van der Waals surface area contributed by atoms with Gasteiger partial charge in [-0.25, -0.2) is 0 Å². The molecule has 14 heavy (non-hydrogen) atoms. The van der Waals surface area contributed by atoms with Gasteiger partial charge in [0.05, 0.1) is 0 Å². The lowest BCUT2D eigenvalue weighted by Crippen LogP contribution is -2.00. The molecular weight excluding hydrogens is 170 g/mol. The third-order valence-electron chi connectivity index (χ3n) is 2.19. The predicted molar refractivity (Wildman–Crippen MR) is 62.9 cm³/mol. The molecule has 0 bridgehead atoms. The van der Waals surface area contributed by atoms with Crippen molar-refractivity contribution in [2.24, 2.45) is 5.73 Å². The molecule has 0 spiro atoms. The summed E-state index contributed by atoms with van der Waals surface area (Å²) >= 11 is 0. The van der Waals surface area contributed by atoms with Crippen LogP contribution >= 0.6 is 0 Å². The molecule has 0 saturated carbocycles. The number of benzene rings is 1. The summed E-state index contributed by atoms with van der Waals surface area (Å²) in [5.74, 6) is 0. The van der Waals surface area contributed by atoms with Crippen molar-refractivity contribution in [3.05, 3.63) is 53.6 Å². The van der Waals surface area contributed by atoms with E-state index in [4.69, 9.17) is 5.73 Å². The van der Waals surface area contributed by atoms with Crippen molar-refractivity contribution in [2.45, 2.75) is 13.3 Å². The van der Waals surface area contributed by atoms with E-state index in [1.807, 2.05) is 18.2 Å². The molecule has 74 valence electrons. The van der Waals surface area contributed by atoms with Gasteiger partial charge in [-0.2, -0.15) is 0 Å². The Hall–Kier alpha value is -1.34. The number of allylic oxidation sites excluding steroid dienone is 1. The van der Waals surface area contributed by atoms with Gasteiger partial charge in [-0.15, -0.1) is 0 Å². The molecule has 0 aromatic heterocycles. The minimum atomic E-state index is 0.665. The van der Waals surface area contributed by atoms with E-state index in [1.54, 1.807) is 0 Å². The first-order valence-corrected chi connectivity index (χ1v) is 4.85. The lowest BCUT2D eigenvalue weighted by atomic mass is 10.0. The quantitative estimate of drug-likeness (QED) is 0.720. The molecule has 1 nitrogen and oxygen atoms in total. The topological polar surface area (TPSA) is 26.0 Å². The van der Waals surface area contributed by atoms with Gasteiger partial charge in [-0.3, -0.25) is 0 Å². The molecule has 0 atom stereocenters. The average Bonchev–Trinajstić information content (AvgIpc) is 2.19. The van der Waals surface area contributed by atoms with Crippen molar-refractivity contribution < 1.29 is 0 Å². The SMILES string of the molecule is C=C(CCN)/C(C)=C/c1ccccc1. The zero-order chi connectivity index (χ0) is 10.4. The molecule has 0 unspecified atom stereocenters. The molecule has 2 N–H and O–H groups in total. The normalized spacial score (nSPS) is 11.4. The Morgan fingerprint density at radius 1 is 1.36 bits per heavy atom. The van der Waals surface area contributed by atoms with E-state index in [0.29, 0.717) is 6.54 Å². The molecule has 0 heterocycles. The van der Waals surface area contributed by atoms with Gasteiger partial charge in [0.15, 0.2) is 0 Å². The highest BCUT2D eigenvalue weighted by atomic mass is 14.5. The summed E-state index contributed by atoms with van der Waals surface area (Å²) in [4.78, 5) is 0. The second-order valence-electron chi connectivity index (χ2n) is 3.38. The molecule has 1 aromatic rings. The Labute approximate surface area is 85.9 Å². The van der Waals surface area contributed by atoms with E-state index in [-0.39, 0.29) is 0 Å². The van der Waals surface area contributed by atoms with Crippen LogP contribution in [0.4, 0.5) is 0 Å². The summed E-state index contributed by atoms with van der Waals surface area (Å²) in [5, 5.41) is 0. The smallest absolute Gasteiger partial charge is 0.00368 e.